The van der Waals surface area contributed by atoms with Crippen molar-refractivity contribution in [2.75, 3.05) is 31.8 Å². The van der Waals surface area contributed by atoms with E-state index in [4.69, 9.17) is 17.0 Å². The van der Waals surface area contributed by atoms with Crippen molar-refractivity contribution in [1.82, 2.24) is 4.90 Å². The Kier molecular flexibility index (Phi) is 7.89. The molecule has 0 aliphatic carbocycles. The van der Waals surface area contributed by atoms with Crippen LogP contribution in [-0.2, 0) is 4.74 Å². The quantitative estimate of drug-likeness (QED) is 0.353. The number of carbonyl (C=O) groups is 2. The first kappa shape index (κ1) is 23.8. The van der Waals surface area contributed by atoms with Gasteiger partial charge in [-0.1, -0.05) is 42.1 Å². The lowest BCUT2D eigenvalue weighted by Crippen LogP contribution is -2.21. The number of rotatable bonds is 6. The molecule has 0 unspecified atom stereocenters. The van der Waals surface area contributed by atoms with Gasteiger partial charge in [-0.15, -0.1) is 11.3 Å². The van der Waals surface area contributed by atoms with Crippen molar-refractivity contribution in [2.45, 2.75) is 16.7 Å². The molecule has 1 heterocycles. The molecule has 6 nitrogen and oxygen atoms in total. The fourth-order valence-electron chi connectivity index (χ4n) is 2.89. The second-order valence-corrected chi connectivity index (χ2v) is 9.49. The van der Waals surface area contributed by atoms with Crippen LogP contribution < -0.4 is 10.6 Å². The summed E-state index contributed by atoms with van der Waals surface area (Å²) < 4.78 is 4.93. The molecule has 1 aromatic heterocycles. The first-order valence-electron chi connectivity index (χ1n) is 9.65. The molecule has 32 heavy (non-hydrogen) atoms. The third kappa shape index (κ3) is 5.48. The Hall–Kier alpha value is -2.88. The summed E-state index contributed by atoms with van der Waals surface area (Å²) in [5, 5.41) is 7.05. The van der Waals surface area contributed by atoms with Gasteiger partial charge in [0, 0.05) is 23.9 Å². The third-order valence-electron chi connectivity index (χ3n) is 4.47. The first-order valence-corrected chi connectivity index (χ1v) is 11.7. The number of methoxy groups -OCH3 is 1. The number of anilines is 2. The van der Waals surface area contributed by atoms with Gasteiger partial charge in [-0.3, -0.25) is 4.79 Å². The van der Waals surface area contributed by atoms with Crippen molar-refractivity contribution >= 4 is 63.0 Å². The Balaban J connectivity index is 1.85. The summed E-state index contributed by atoms with van der Waals surface area (Å²) in [6.45, 7) is 1.73. The van der Waals surface area contributed by atoms with Crippen LogP contribution in [0.3, 0.4) is 0 Å². The summed E-state index contributed by atoms with van der Waals surface area (Å²) >= 11 is 8.31. The van der Waals surface area contributed by atoms with Gasteiger partial charge in [0.2, 0.25) is 0 Å². The number of benzene rings is 2. The van der Waals surface area contributed by atoms with E-state index < -0.39 is 5.97 Å². The molecule has 9 heteroatoms. The lowest BCUT2D eigenvalue weighted by molar-refractivity contribution is 0.0601. The maximum Gasteiger partial charge on any atom is 0.341 e. The van der Waals surface area contributed by atoms with Gasteiger partial charge in [-0.05, 0) is 49.0 Å². The number of thiophene rings is 1. The van der Waals surface area contributed by atoms with E-state index in [1.165, 1.54) is 23.3 Å². The van der Waals surface area contributed by atoms with Gasteiger partial charge in [0.05, 0.1) is 23.2 Å². The summed E-state index contributed by atoms with van der Waals surface area (Å²) in [6.07, 6.45) is 0. The lowest BCUT2D eigenvalue weighted by Gasteiger charge is -2.14. The number of para-hydroxylation sites is 1. The summed E-state index contributed by atoms with van der Waals surface area (Å²) in [5.74, 6) is -0.712. The average Bonchev–Trinajstić information content (AvgIpc) is 3.10. The topological polar surface area (TPSA) is 70.7 Å². The minimum atomic E-state index is -0.526. The molecule has 2 aromatic carbocycles. The van der Waals surface area contributed by atoms with Gasteiger partial charge >= 0.3 is 5.97 Å². The molecule has 0 saturated heterocycles. The Morgan fingerprint density at radius 1 is 1.03 bits per heavy atom. The normalized spacial score (nSPS) is 10.4. The number of hydrogen-bond donors (Lipinski definition) is 2. The van der Waals surface area contributed by atoms with Crippen LogP contribution >= 0.6 is 35.3 Å². The van der Waals surface area contributed by atoms with Crippen LogP contribution in [0.5, 0.6) is 0 Å². The van der Waals surface area contributed by atoms with Crippen LogP contribution in [0.4, 0.5) is 10.7 Å². The molecule has 3 rings (SSSR count). The van der Waals surface area contributed by atoms with Gasteiger partial charge in [-0.25, -0.2) is 4.79 Å². The highest BCUT2D eigenvalue weighted by Crippen LogP contribution is 2.36. The SMILES string of the molecule is COC(=O)c1c(NC(=S)Nc2ccccc2Sc2ccccc2)sc(C(=O)N(C)C)c1C. The number of nitrogens with zero attached hydrogens (tertiary/aromatic N) is 1. The minimum Gasteiger partial charge on any atom is -0.465 e. The van der Waals surface area contributed by atoms with Crippen LogP contribution in [0, 0.1) is 6.92 Å². The van der Waals surface area contributed by atoms with Gasteiger partial charge in [0.15, 0.2) is 5.11 Å². The van der Waals surface area contributed by atoms with Crippen molar-refractivity contribution in [1.29, 1.82) is 0 Å². The number of thiocarbonyl (C=S) groups is 1. The monoisotopic (exact) mass is 485 g/mol. The Labute approximate surface area is 201 Å². The van der Waals surface area contributed by atoms with E-state index in [0.29, 0.717) is 26.1 Å². The largest absolute Gasteiger partial charge is 0.465 e. The Morgan fingerprint density at radius 2 is 1.69 bits per heavy atom. The zero-order chi connectivity index (χ0) is 23.3. The fourth-order valence-corrected chi connectivity index (χ4v) is 5.31. The second-order valence-electron chi connectivity index (χ2n) is 6.94. The minimum absolute atomic E-state index is 0.186. The molecule has 0 aliphatic heterocycles. The zero-order valence-corrected chi connectivity index (χ0v) is 20.5. The van der Waals surface area contributed by atoms with Gasteiger partial charge < -0.3 is 20.3 Å². The lowest BCUT2D eigenvalue weighted by atomic mass is 10.1. The van der Waals surface area contributed by atoms with Crippen LogP contribution in [0.25, 0.3) is 0 Å². The van der Waals surface area contributed by atoms with Crippen molar-refractivity contribution in [3.05, 3.63) is 70.6 Å². The summed E-state index contributed by atoms with van der Waals surface area (Å²) in [5.41, 5.74) is 1.70. The van der Waals surface area contributed by atoms with E-state index in [1.54, 1.807) is 32.8 Å². The van der Waals surface area contributed by atoms with Crippen LogP contribution in [0.1, 0.15) is 25.6 Å². The fraction of sp³-hybridized carbons (Fsp3) is 0.174. The molecule has 0 radical (unpaired) electrons. The number of hydrogen-bond acceptors (Lipinski definition) is 6. The maximum atomic E-state index is 12.5. The Morgan fingerprint density at radius 3 is 2.34 bits per heavy atom. The number of amides is 1. The second kappa shape index (κ2) is 10.6. The number of nitrogens with one attached hydrogen (secondary N) is 2. The highest BCUT2D eigenvalue weighted by Gasteiger charge is 2.26. The molecule has 0 saturated carbocycles. The molecular weight excluding hydrogens is 462 g/mol. The summed E-state index contributed by atoms with van der Waals surface area (Å²) in [4.78, 5) is 29.0. The molecule has 0 bridgehead atoms. The predicted molar refractivity (Wildman–Crippen MR) is 135 cm³/mol. The molecule has 0 atom stereocenters. The highest BCUT2D eigenvalue weighted by molar-refractivity contribution is 7.99. The van der Waals surface area contributed by atoms with Crippen molar-refractivity contribution in [3.63, 3.8) is 0 Å². The third-order valence-corrected chi connectivity index (χ3v) is 6.95. The van der Waals surface area contributed by atoms with Gasteiger partial charge in [0.1, 0.15) is 5.00 Å². The van der Waals surface area contributed by atoms with Crippen molar-refractivity contribution in [2.24, 2.45) is 0 Å². The molecule has 166 valence electrons. The van der Waals surface area contributed by atoms with Crippen LogP contribution in [0.15, 0.2) is 64.4 Å². The average molecular weight is 486 g/mol. The molecule has 1 amide bonds. The summed E-state index contributed by atoms with van der Waals surface area (Å²) in [6, 6.07) is 17.9. The van der Waals surface area contributed by atoms with Crippen LogP contribution in [0.2, 0.25) is 0 Å². The van der Waals surface area contributed by atoms with E-state index in [-0.39, 0.29) is 5.91 Å². The molecule has 3 aromatic rings. The maximum absolute atomic E-state index is 12.5. The zero-order valence-electron chi connectivity index (χ0n) is 18.1. The number of carbonyl (C=O) groups excluding carboxylic acids is 2. The van der Waals surface area contributed by atoms with Crippen molar-refractivity contribution < 1.29 is 14.3 Å². The van der Waals surface area contributed by atoms with E-state index in [1.807, 2.05) is 54.6 Å². The molecule has 0 fully saturated rings. The number of esters is 1. The van der Waals surface area contributed by atoms with Gasteiger partial charge in [0.25, 0.3) is 5.91 Å². The van der Waals surface area contributed by atoms with Crippen LogP contribution in [-0.4, -0.2) is 43.1 Å². The van der Waals surface area contributed by atoms with E-state index in [0.717, 1.165) is 15.5 Å². The molecule has 2 N–H and O–H groups in total. The summed E-state index contributed by atoms with van der Waals surface area (Å²) in [7, 11) is 4.64. The predicted octanol–water partition coefficient (Wildman–Crippen LogP) is 5.51. The first-order chi connectivity index (χ1) is 15.3. The smallest absolute Gasteiger partial charge is 0.341 e. The van der Waals surface area contributed by atoms with Gasteiger partial charge in [-0.2, -0.15) is 0 Å². The molecule has 0 spiro atoms. The molecule has 0 aliphatic rings. The Bertz CT molecular complexity index is 1140. The van der Waals surface area contributed by atoms with E-state index in [9.17, 15) is 9.59 Å². The van der Waals surface area contributed by atoms with E-state index in [2.05, 4.69) is 10.6 Å². The van der Waals surface area contributed by atoms with E-state index >= 15 is 0 Å². The van der Waals surface area contributed by atoms with Crippen molar-refractivity contribution in [3.8, 4) is 0 Å². The highest BCUT2D eigenvalue weighted by atomic mass is 32.2. The number of ether oxygens (including phenoxy) is 1. The molecular formula is C23H23N3O3S3. The standard InChI is InChI=1S/C23H23N3O3S3/c1-14-18(22(28)29-4)20(32-19(14)21(27)26(2)3)25-23(30)24-16-12-8-9-13-17(16)31-15-10-6-5-7-11-15/h5-13H,1-4H3,(H2,24,25,30).